The Hall–Kier alpha value is -1.72. The Kier molecular flexibility index (Phi) is 3.05. The van der Waals surface area contributed by atoms with Gasteiger partial charge in [0, 0.05) is 13.0 Å². The third kappa shape index (κ3) is 2.08. The molecule has 0 saturated heterocycles. The van der Waals surface area contributed by atoms with Crippen LogP contribution in [0.2, 0.25) is 0 Å². The van der Waals surface area contributed by atoms with Crippen molar-refractivity contribution in [3.8, 4) is 0 Å². The summed E-state index contributed by atoms with van der Waals surface area (Å²) in [4.78, 5) is 6.68. The second-order valence-electron chi connectivity index (χ2n) is 5.83. The van der Waals surface area contributed by atoms with Gasteiger partial charge in [0.15, 0.2) is 0 Å². The van der Waals surface area contributed by atoms with Gasteiger partial charge in [0.1, 0.15) is 6.33 Å². The first-order valence-electron chi connectivity index (χ1n) is 7.38. The zero-order chi connectivity index (χ0) is 14.4. The maximum atomic E-state index is 4.35. The van der Waals surface area contributed by atoms with Crippen LogP contribution in [0.5, 0.6) is 0 Å². The van der Waals surface area contributed by atoms with Gasteiger partial charge < -0.3 is 5.32 Å². The van der Waals surface area contributed by atoms with Gasteiger partial charge in [-0.3, -0.25) is 0 Å². The number of hydrogen-bond donors (Lipinski definition) is 1. The molecular weight excluding hydrogens is 280 g/mol. The third-order valence-electron chi connectivity index (χ3n) is 4.17. The molecule has 108 valence electrons. The van der Waals surface area contributed by atoms with Crippen molar-refractivity contribution in [1.82, 2.24) is 19.9 Å². The quantitative estimate of drug-likeness (QED) is 0.790. The number of benzene rings is 1. The standard InChI is InChI=1S/C16H18N4S/c1-10(2)11-3-5-12(6-4-11)14-15-13(7-8-17-14)20-16(21-15)18-9-19-20/h3-6,9-10,14,17H,7-8H2,1-2H3. The van der Waals surface area contributed by atoms with Crippen molar-refractivity contribution < 1.29 is 0 Å². The molecule has 0 amide bonds. The molecule has 1 aliphatic heterocycles. The zero-order valence-corrected chi connectivity index (χ0v) is 13.0. The van der Waals surface area contributed by atoms with Gasteiger partial charge in [0.2, 0.25) is 4.96 Å². The molecule has 0 saturated carbocycles. The van der Waals surface area contributed by atoms with Crippen molar-refractivity contribution in [2.45, 2.75) is 32.2 Å². The third-order valence-corrected chi connectivity index (χ3v) is 5.32. The Balaban J connectivity index is 1.76. The van der Waals surface area contributed by atoms with Crippen LogP contribution < -0.4 is 5.32 Å². The van der Waals surface area contributed by atoms with Crippen LogP contribution >= 0.6 is 11.3 Å². The molecule has 1 unspecified atom stereocenters. The van der Waals surface area contributed by atoms with E-state index in [1.54, 1.807) is 17.7 Å². The zero-order valence-electron chi connectivity index (χ0n) is 12.2. The lowest BCUT2D eigenvalue weighted by atomic mass is 9.96. The van der Waals surface area contributed by atoms with Crippen LogP contribution in [0.3, 0.4) is 0 Å². The molecule has 1 atom stereocenters. The Bertz CT molecular complexity index is 769. The number of thiazole rings is 1. The van der Waals surface area contributed by atoms with Crippen LogP contribution in [0.1, 0.15) is 47.5 Å². The van der Waals surface area contributed by atoms with Gasteiger partial charge in [0.05, 0.1) is 16.6 Å². The van der Waals surface area contributed by atoms with Gasteiger partial charge in [-0.15, -0.1) is 0 Å². The Morgan fingerprint density at radius 1 is 1.29 bits per heavy atom. The largest absolute Gasteiger partial charge is 0.305 e. The minimum atomic E-state index is 0.267. The Morgan fingerprint density at radius 3 is 2.86 bits per heavy atom. The second kappa shape index (κ2) is 4.93. The van der Waals surface area contributed by atoms with Gasteiger partial charge in [-0.2, -0.15) is 5.10 Å². The SMILES string of the molecule is CC(C)c1ccc(C2NCCc3c2sc2ncnn32)cc1. The van der Waals surface area contributed by atoms with E-state index in [1.807, 2.05) is 4.52 Å². The van der Waals surface area contributed by atoms with E-state index < -0.39 is 0 Å². The highest BCUT2D eigenvalue weighted by Crippen LogP contribution is 2.35. The van der Waals surface area contributed by atoms with Crippen molar-refractivity contribution in [1.29, 1.82) is 0 Å². The molecular formula is C16H18N4S. The molecule has 1 aromatic carbocycles. The van der Waals surface area contributed by atoms with Crippen LogP contribution in [-0.2, 0) is 6.42 Å². The van der Waals surface area contributed by atoms with Crippen LogP contribution in [0, 0.1) is 0 Å². The molecule has 3 aromatic rings. The second-order valence-corrected chi connectivity index (χ2v) is 6.84. The van der Waals surface area contributed by atoms with Crippen molar-refractivity contribution in [2.75, 3.05) is 6.54 Å². The summed E-state index contributed by atoms with van der Waals surface area (Å²) in [6.07, 6.45) is 2.65. The summed E-state index contributed by atoms with van der Waals surface area (Å²) in [5.74, 6) is 0.572. The van der Waals surface area contributed by atoms with E-state index in [-0.39, 0.29) is 6.04 Å². The highest BCUT2D eigenvalue weighted by Gasteiger charge is 2.26. The Morgan fingerprint density at radius 2 is 2.10 bits per heavy atom. The van der Waals surface area contributed by atoms with E-state index in [2.05, 4.69) is 53.5 Å². The molecule has 21 heavy (non-hydrogen) atoms. The minimum absolute atomic E-state index is 0.267. The molecule has 4 nitrogen and oxygen atoms in total. The topological polar surface area (TPSA) is 42.2 Å². The van der Waals surface area contributed by atoms with Gasteiger partial charge in [-0.1, -0.05) is 49.4 Å². The number of aromatic nitrogens is 3. The van der Waals surface area contributed by atoms with Crippen LogP contribution in [0.25, 0.3) is 4.96 Å². The molecule has 0 aliphatic carbocycles. The van der Waals surface area contributed by atoms with Crippen molar-refractivity contribution >= 4 is 16.3 Å². The summed E-state index contributed by atoms with van der Waals surface area (Å²) in [6, 6.07) is 9.25. The number of rotatable bonds is 2. The summed E-state index contributed by atoms with van der Waals surface area (Å²) in [5, 5.41) is 7.98. The minimum Gasteiger partial charge on any atom is -0.305 e. The monoisotopic (exact) mass is 298 g/mol. The summed E-state index contributed by atoms with van der Waals surface area (Å²) in [5.41, 5.74) is 4.02. The number of hydrogen-bond acceptors (Lipinski definition) is 4. The van der Waals surface area contributed by atoms with E-state index in [0.29, 0.717) is 5.92 Å². The van der Waals surface area contributed by atoms with E-state index in [4.69, 9.17) is 0 Å². The molecule has 5 heteroatoms. The summed E-state index contributed by atoms with van der Waals surface area (Å²) >= 11 is 1.75. The maximum Gasteiger partial charge on any atom is 0.212 e. The highest BCUT2D eigenvalue weighted by molar-refractivity contribution is 7.17. The first kappa shape index (κ1) is 13.0. The fraction of sp³-hybridized carbons (Fsp3) is 0.375. The molecule has 0 fully saturated rings. The first-order chi connectivity index (χ1) is 10.2. The Labute approximate surface area is 127 Å². The predicted molar refractivity (Wildman–Crippen MR) is 84.9 cm³/mol. The first-order valence-corrected chi connectivity index (χ1v) is 8.20. The normalized spacial score (nSPS) is 18.3. The number of nitrogens with one attached hydrogen (secondary N) is 1. The van der Waals surface area contributed by atoms with Gasteiger partial charge in [-0.25, -0.2) is 9.50 Å². The van der Waals surface area contributed by atoms with E-state index >= 15 is 0 Å². The van der Waals surface area contributed by atoms with Crippen molar-refractivity contribution in [3.05, 3.63) is 52.3 Å². The van der Waals surface area contributed by atoms with Crippen LogP contribution in [-0.4, -0.2) is 21.1 Å². The average Bonchev–Trinajstić information content (AvgIpc) is 3.08. The van der Waals surface area contributed by atoms with E-state index in [1.165, 1.54) is 21.7 Å². The van der Waals surface area contributed by atoms with E-state index in [0.717, 1.165) is 17.9 Å². The molecule has 2 aromatic heterocycles. The van der Waals surface area contributed by atoms with Gasteiger partial charge in [-0.05, 0) is 17.0 Å². The molecule has 0 bridgehead atoms. The number of nitrogens with zero attached hydrogens (tertiary/aromatic N) is 3. The van der Waals surface area contributed by atoms with Crippen LogP contribution in [0.4, 0.5) is 0 Å². The van der Waals surface area contributed by atoms with Gasteiger partial charge >= 0.3 is 0 Å². The van der Waals surface area contributed by atoms with Crippen LogP contribution in [0.15, 0.2) is 30.6 Å². The molecule has 1 N–H and O–H groups in total. The maximum absolute atomic E-state index is 4.35. The lowest BCUT2D eigenvalue weighted by Crippen LogP contribution is -2.30. The fourth-order valence-electron chi connectivity index (χ4n) is 2.97. The van der Waals surface area contributed by atoms with Gasteiger partial charge in [0.25, 0.3) is 0 Å². The molecule has 3 heterocycles. The summed E-state index contributed by atoms with van der Waals surface area (Å²) in [7, 11) is 0. The lowest BCUT2D eigenvalue weighted by Gasteiger charge is -2.24. The summed E-state index contributed by atoms with van der Waals surface area (Å²) < 4.78 is 2.00. The molecule has 4 rings (SSSR count). The smallest absolute Gasteiger partial charge is 0.212 e. The van der Waals surface area contributed by atoms with Crippen molar-refractivity contribution in [3.63, 3.8) is 0 Å². The fourth-order valence-corrected chi connectivity index (χ4v) is 4.16. The molecule has 0 radical (unpaired) electrons. The van der Waals surface area contributed by atoms with E-state index in [9.17, 15) is 0 Å². The number of fused-ring (bicyclic) bond motifs is 3. The molecule has 0 spiro atoms. The predicted octanol–water partition coefficient (Wildman–Crippen LogP) is 3.15. The van der Waals surface area contributed by atoms with Crippen molar-refractivity contribution in [2.24, 2.45) is 0 Å². The lowest BCUT2D eigenvalue weighted by molar-refractivity contribution is 0.561. The highest BCUT2D eigenvalue weighted by atomic mass is 32.1. The summed E-state index contributed by atoms with van der Waals surface area (Å²) in [6.45, 7) is 5.44. The average molecular weight is 298 g/mol. The molecule has 1 aliphatic rings.